The van der Waals surface area contributed by atoms with Gasteiger partial charge in [0.1, 0.15) is 5.75 Å². The molecule has 0 bridgehead atoms. The number of alkyl halides is 3. The third-order valence-electron chi connectivity index (χ3n) is 2.83. The molecule has 0 saturated heterocycles. The Balaban J connectivity index is 2.02. The van der Waals surface area contributed by atoms with Crippen molar-refractivity contribution < 1.29 is 22.7 Å². The van der Waals surface area contributed by atoms with E-state index in [1.165, 1.54) is 30.3 Å². The molecule has 0 atom stereocenters. The first-order valence-electron chi connectivity index (χ1n) is 6.46. The molecule has 0 aliphatic heterocycles. The number of halogens is 3. The van der Waals surface area contributed by atoms with Crippen molar-refractivity contribution in [3.63, 3.8) is 0 Å². The topological polar surface area (TPSA) is 50.1 Å². The predicted octanol–water partition coefficient (Wildman–Crippen LogP) is 4.20. The Morgan fingerprint density at radius 2 is 1.83 bits per heavy atom. The lowest BCUT2D eigenvalue weighted by molar-refractivity contribution is -0.137. The van der Waals surface area contributed by atoms with Crippen molar-refractivity contribution in [2.75, 3.05) is 0 Å². The summed E-state index contributed by atoms with van der Waals surface area (Å²) in [7, 11) is 0. The summed E-state index contributed by atoms with van der Waals surface area (Å²) < 4.78 is 42.3. The molecule has 0 unspecified atom stereocenters. The fourth-order valence-electron chi connectivity index (χ4n) is 1.73. The number of nitriles is 1. The summed E-state index contributed by atoms with van der Waals surface area (Å²) in [5.41, 5.74) is 0.0216. The summed E-state index contributed by atoms with van der Waals surface area (Å²) in [6.45, 7) is 0. The van der Waals surface area contributed by atoms with Crippen LogP contribution in [-0.4, -0.2) is 5.97 Å². The summed E-state index contributed by atoms with van der Waals surface area (Å²) in [6, 6.07) is 12.3. The Morgan fingerprint density at radius 3 is 2.43 bits per heavy atom. The summed E-state index contributed by atoms with van der Waals surface area (Å²) in [5.74, 6) is -0.480. The Hall–Kier alpha value is -3.07. The molecule has 0 aliphatic rings. The number of carbonyl (C=O) groups excluding carboxylic acids is 1. The fourth-order valence-corrected chi connectivity index (χ4v) is 1.73. The summed E-state index contributed by atoms with van der Waals surface area (Å²) >= 11 is 0. The minimum Gasteiger partial charge on any atom is -0.423 e. The molecular weight excluding hydrogens is 307 g/mol. The smallest absolute Gasteiger partial charge is 0.416 e. The van der Waals surface area contributed by atoms with Crippen LogP contribution in [0.5, 0.6) is 5.75 Å². The highest BCUT2D eigenvalue weighted by molar-refractivity contribution is 5.88. The van der Waals surface area contributed by atoms with Crippen molar-refractivity contribution >= 4 is 12.0 Å². The molecule has 0 N–H and O–H groups in total. The van der Waals surface area contributed by atoms with Crippen LogP contribution in [0.15, 0.2) is 54.6 Å². The van der Waals surface area contributed by atoms with E-state index in [1.54, 1.807) is 12.1 Å². The van der Waals surface area contributed by atoms with E-state index in [9.17, 15) is 18.0 Å². The molecule has 0 spiro atoms. The van der Waals surface area contributed by atoms with Crippen LogP contribution in [0.4, 0.5) is 13.2 Å². The van der Waals surface area contributed by atoms with E-state index in [-0.39, 0.29) is 5.75 Å². The van der Waals surface area contributed by atoms with E-state index in [0.29, 0.717) is 11.1 Å². The average molecular weight is 317 g/mol. The first-order valence-corrected chi connectivity index (χ1v) is 6.46. The van der Waals surface area contributed by atoms with Gasteiger partial charge in [-0.15, -0.1) is 0 Å². The van der Waals surface area contributed by atoms with Crippen molar-refractivity contribution in [2.45, 2.75) is 6.18 Å². The van der Waals surface area contributed by atoms with Gasteiger partial charge in [0, 0.05) is 6.08 Å². The van der Waals surface area contributed by atoms with Crippen molar-refractivity contribution in [2.24, 2.45) is 0 Å². The van der Waals surface area contributed by atoms with Gasteiger partial charge in [0.2, 0.25) is 0 Å². The van der Waals surface area contributed by atoms with Crippen LogP contribution in [0.3, 0.4) is 0 Å². The number of nitrogens with zero attached hydrogens (tertiary/aromatic N) is 1. The number of rotatable bonds is 3. The zero-order chi connectivity index (χ0) is 16.9. The van der Waals surface area contributed by atoms with Crippen LogP contribution in [0.2, 0.25) is 0 Å². The highest BCUT2D eigenvalue weighted by Crippen LogP contribution is 2.29. The Labute approximate surface area is 130 Å². The number of carbonyl (C=O) groups is 1. The van der Waals surface area contributed by atoms with E-state index in [4.69, 9.17) is 10.00 Å². The molecule has 116 valence electrons. The molecule has 0 saturated carbocycles. The van der Waals surface area contributed by atoms with Crippen LogP contribution in [0.1, 0.15) is 16.7 Å². The van der Waals surface area contributed by atoms with Crippen molar-refractivity contribution in [1.82, 2.24) is 0 Å². The SMILES string of the molecule is N#Cc1cccc(OC(=O)/C=C/c2ccc(C(F)(F)F)cc2)c1. The molecule has 0 heterocycles. The monoisotopic (exact) mass is 317 g/mol. The van der Waals surface area contributed by atoms with Gasteiger partial charge in [0.25, 0.3) is 0 Å². The van der Waals surface area contributed by atoms with Gasteiger partial charge < -0.3 is 4.74 Å². The van der Waals surface area contributed by atoms with Gasteiger partial charge in [-0.05, 0) is 42.0 Å². The molecule has 23 heavy (non-hydrogen) atoms. The number of esters is 1. The van der Waals surface area contributed by atoms with E-state index in [2.05, 4.69) is 0 Å². The van der Waals surface area contributed by atoms with Gasteiger partial charge in [0.05, 0.1) is 17.2 Å². The lowest BCUT2D eigenvalue weighted by Gasteiger charge is -2.05. The number of hydrogen-bond donors (Lipinski definition) is 0. The molecule has 3 nitrogen and oxygen atoms in total. The van der Waals surface area contributed by atoms with Crippen molar-refractivity contribution in [3.05, 3.63) is 71.3 Å². The molecule has 0 aliphatic carbocycles. The second kappa shape index (κ2) is 6.79. The molecule has 2 rings (SSSR count). The van der Waals surface area contributed by atoms with Crippen LogP contribution in [0, 0.1) is 11.3 Å². The molecule has 0 aromatic heterocycles. The van der Waals surface area contributed by atoms with E-state index in [0.717, 1.165) is 18.2 Å². The molecule has 0 fully saturated rings. The van der Waals surface area contributed by atoms with Crippen molar-refractivity contribution in [3.8, 4) is 11.8 Å². The minimum atomic E-state index is -4.40. The normalized spacial score (nSPS) is 11.2. The molecule has 2 aromatic rings. The van der Waals surface area contributed by atoms with Gasteiger partial charge in [0.15, 0.2) is 0 Å². The second-order valence-electron chi connectivity index (χ2n) is 4.51. The summed E-state index contributed by atoms with van der Waals surface area (Å²) in [4.78, 5) is 11.6. The largest absolute Gasteiger partial charge is 0.423 e. The zero-order valence-electron chi connectivity index (χ0n) is 11.7. The van der Waals surface area contributed by atoms with Crippen LogP contribution in [0.25, 0.3) is 6.08 Å². The van der Waals surface area contributed by atoms with E-state index in [1.807, 2.05) is 6.07 Å². The molecule has 2 aromatic carbocycles. The maximum Gasteiger partial charge on any atom is 0.416 e. The maximum atomic E-state index is 12.4. The third kappa shape index (κ3) is 4.71. The number of ether oxygens (including phenoxy) is 1. The Kier molecular flexibility index (Phi) is 4.82. The predicted molar refractivity (Wildman–Crippen MR) is 77.3 cm³/mol. The van der Waals surface area contributed by atoms with Crippen LogP contribution >= 0.6 is 0 Å². The third-order valence-corrected chi connectivity index (χ3v) is 2.83. The highest BCUT2D eigenvalue weighted by atomic mass is 19.4. The lowest BCUT2D eigenvalue weighted by atomic mass is 10.1. The van der Waals surface area contributed by atoms with Gasteiger partial charge in [-0.3, -0.25) is 0 Å². The Morgan fingerprint density at radius 1 is 1.13 bits per heavy atom. The molecule has 6 heteroatoms. The van der Waals surface area contributed by atoms with E-state index < -0.39 is 17.7 Å². The Bertz CT molecular complexity index is 772. The first-order chi connectivity index (χ1) is 10.9. The maximum absolute atomic E-state index is 12.4. The number of benzene rings is 2. The van der Waals surface area contributed by atoms with Crippen LogP contribution < -0.4 is 4.74 Å². The van der Waals surface area contributed by atoms with Gasteiger partial charge in [-0.1, -0.05) is 18.2 Å². The van der Waals surface area contributed by atoms with Gasteiger partial charge >= 0.3 is 12.1 Å². The standard InChI is InChI=1S/C17H10F3NO2/c18-17(19,20)14-7-4-12(5-8-14)6-9-16(22)23-15-3-1-2-13(10-15)11-21/h1-10H/b9-6+. The first kappa shape index (κ1) is 16.3. The fraction of sp³-hybridized carbons (Fsp3) is 0.0588. The number of hydrogen-bond acceptors (Lipinski definition) is 3. The van der Waals surface area contributed by atoms with Gasteiger partial charge in [-0.2, -0.15) is 18.4 Å². The minimum absolute atomic E-state index is 0.214. The average Bonchev–Trinajstić information content (AvgIpc) is 2.52. The second-order valence-corrected chi connectivity index (χ2v) is 4.51. The molecule has 0 amide bonds. The molecule has 0 radical (unpaired) electrons. The van der Waals surface area contributed by atoms with Gasteiger partial charge in [-0.25, -0.2) is 4.79 Å². The summed E-state index contributed by atoms with van der Waals surface area (Å²) in [5, 5.41) is 8.74. The highest BCUT2D eigenvalue weighted by Gasteiger charge is 2.29. The van der Waals surface area contributed by atoms with Crippen molar-refractivity contribution in [1.29, 1.82) is 5.26 Å². The lowest BCUT2D eigenvalue weighted by Crippen LogP contribution is -2.04. The zero-order valence-corrected chi connectivity index (χ0v) is 11.7. The van der Waals surface area contributed by atoms with E-state index >= 15 is 0 Å². The molecular formula is C17H10F3NO2. The van der Waals surface area contributed by atoms with Crippen LogP contribution in [-0.2, 0) is 11.0 Å². The summed E-state index contributed by atoms with van der Waals surface area (Å²) in [6.07, 6.45) is -1.95. The quantitative estimate of drug-likeness (QED) is 0.484.